The molecule has 3 unspecified atom stereocenters. The Balaban J connectivity index is 1.84. The van der Waals surface area contributed by atoms with E-state index in [1.54, 1.807) is 23.2 Å². The molecule has 170 valence electrons. The lowest BCUT2D eigenvalue weighted by Gasteiger charge is -2.32. The van der Waals surface area contributed by atoms with Crippen molar-refractivity contribution < 1.29 is 19.1 Å². The number of likely N-dealkylation sites (tertiary alicyclic amines) is 1. The van der Waals surface area contributed by atoms with Crippen molar-refractivity contribution in [2.45, 2.75) is 51.3 Å². The lowest BCUT2D eigenvalue weighted by atomic mass is 10.1. The second-order valence-electron chi connectivity index (χ2n) is 8.46. The van der Waals surface area contributed by atoms with Crippen LogP contribution in [0.5, 0.6) is 0 Å². The molecule has 0 bridgehead atoms. The largest absolute Gasteiger partial charge is 0.376 e. The SMILES string of the molecule is CC(C)C(=O)N(CC1CCCO1)C1CC(C(=O)NCCN)N(C(=O)c2cccnc2)C1. The third-order valence-corrected chi connectivity index (χ3v) is 5.84. The average molecular weight is 432 g/mol. The minimum absolute atomic E-state index is 0.00436. The minimum atomic E-state index is -0.670. The number of aromatic nitrogens is 1. The van der Waals surface area contributed by atoms with Gasteiger partial charge in [-0.3, -0.25) is 19.4 Å². The van der Waals surface area contributed by atoms with E-state index in [9.17, 15) is 14.4 Å². The predicted molar refractivity (Wildman–Crippen MR) is 115 cm³/mol. The molecule has 3 rings (SSSR count). The van der Waals surface area contributed by atoms with Crippen LogP contribution in [0.1, 0.15) is 43.5 Å². The second-order valence-corrected chi connectivity index (χ2v) is 8.46. The number of nitrogens with zero attached hydrogens (tertiary/aromatic N) is 3. The van der Waals surface area contributed by atoms with Crippen LogP contribution in [0.2, 0.25) is 0 Å². The maximum Gasteiger partial charge on any atom is 0.256 e. The van der Waals surface area contributed by atoms with E-state index in [-0.39, 0.29) is 35.8 Å². The molecule has 1 aromatic heterocycles. The summed E-state index contributed by atoms with van der Waals surface area (Å²) >= 11 is 0. The van der Waals surface area contributed by atoms with Crippen molar-refractivity contribution in [3.8, 4) is 0 Å². The minimum Gasteiger partial charge on any atom is -0.376 e. The zero-order valence-electron chi connectivity index (χ0n) is 18.3. The first-order valence-corrected chi connectivity index (χ1v) is 11.0. The first-order valence-electron chi connectivity index (χ1n) is 11.0. The molecule has 1 aromatic rings. The summed E-state index contributed by atoms with van der Waals surface area (Å²) in [6, 6.07) is 2.45. The van der Waals surface area contributed by atoms with E-state index in [1.807, 2.05) is 18.7 Å². The Morgan fingerprint density at radius 1 is 1.39 bits per heavy atom. The summed E-state index contributed by atoms with van der Waals surface area (Å²) in [5.74, 6) is -0.692. The van der Waals surface area contributed by atoms with E-state index in [0.29, 0.717) is 44.8 Å². The lowest BCUT2D eigenvalue weighted by Crippen LogP contribution is -2.48. The molecule has 3 atom stereocenters. The number of amides is 3. The maximum atomic E-state index is 13.2. The highest BCUT2D eigenvalue weighted by Gasteiger charge is 2.44. The molecular weight excluding hydrogens is 398 g/mol. The fourth-order valence-electron chi connectivity index (χ4n) is 4.24. The van der Waals surface area contributed by atoms with Gasteiger partial charge in [-0.15, -0.1) is 0 Å². The van der Waals surface area contributed by atoms with E-state index in [1.165, 1.54) is 6.20 Å². The van der Waals surface area contributed by atoms with Gasteiger partial charge in [-0.25, -0.2) is 0 Å². The molecule has 9 nitrogen and oxygen atoms in total. The normalized spacial score (nSPS) is 23.2. The van der Waals surface area contributed by atoms with Crippen molar-refractivity contribution in [1.82, 2.24) is 20.1 Å². The topological polar surface area (TPSA) is 118 Å². The summed E-state index contributed by atoms with van der Waals surface area (Å²) < 4.78 is 5.77. The molecule has 2 aliphatic heterocycles. The van der Waals surface area contributed by atoms with E-state index in [4.69, 9.17) is 10.5 Å². The van der Waals surface area contributed by atoms with Gasteiger partial charge in [0.05, 0.1) is 17.7 Å². The van der Waals surface area contributed by atoms with Crippen LogP contribution in [0.3, 0.4) is 0 Å². The fourth-order valence-corrected chi connectivity index (χ4v) is 4.24. The average Bonchev–Trinajstić information content (AvgIpc) is 3.45. The third kappa shape index (κ3) is 5.59. The Hall–Kier alpha value is -2.52. The molecule has 2 fully saturated rings. The van der Waals surface area contributed by atoms with E-state index in [0.717, 1.165) is 12.8 Å². The van der Waals surface area contributed by atoms with Crippen LogP contribution in [0, 0.1) is 5.92 Å². The van der Waals surface area contributed by atoms with Crippen LogP contribution < -0.4 is 11.1 Å². The summed E-state index contributed by atoms with van der Waals surface area (Å²) in [5, 5.41) is 2.79. The van der Waals surface area contributed by atoms with E-state index < -0.39 is 6.04 Å². The van der Waals surface area contributed by atoms with Crippen molar-refractivity contribution in [2.75, 3.05) is 32.8 Å². The molecule has 0 aliphatic carbocycles. The number of hydrogen-bond acceptors (Lipinski definition) is 6. The molecule has 3 N–H and O–H groups in total. The molecular formula is C22H33N5O4. The van der Waals surface area contributed by atoms with Gasteiger partial charge in [-0.1, -0.05) is 13.8 Å². The molecule has 3 heterocycles. The highest BCUT2D eigenvalue weighted by Crippen LogP contribution is 2.27. The molecule has 2 saturated heterocycles. The number of nitrogens with one attached hydrogen (secondary N) is 1. The third-order valence-electron chi connectivity index (χ3n) is 5.84. The van der Waals surface area contributed by atoms with Crippen molar-refractivity contribution >= 4 is 17.7 Å². The first kappa shape index (κ1) is 23.1. The number of carbonyl (C=O) groups excluding carboxylic acids is 3. The number of carbonyl (C=O) groups is 3. The monoisotopic (exact) mass is 431 g/mol. The van der Waals surface area contributed by atoms with Crippen LogP contribution in [0.4, 0.5) is 0 Å². The summed E-state index contributed by atoms with van der Waals surface area (Å²) in [5.41, 5.74) is 5.95. The summed E-state index contributed by atoms with van der Waals surface area (Å²) in [7, 11) is 0. The number of hydrogen-bond donors (Lipinski definition) is 2. The quantitative estimate of drug-likeness (QED) is 0.615. The van der Waals surface area contributed by atoms with Crippen LogP contribution in [0.15, 0.2) is 24.5 Å². The zero-order chi connectivity index (χ0) is 22.4. The molecule has 0 radical (unpaired) electrons. The van der Waals surface area contributed by atoms with Crippen LogP contribution in [-0.4, -0.2) is 83.5 Å². The van der Waals surface area contributed by atoms with Crippen molar-refractivity contribution in [1.29, 1.82) is 0 Å². The Kier molecular flexibility index (Phi) is 7.97. The Morgan fingerprint density at radius 2 is 2.19 bits per heavy atom. The Labute approximate surface area is 183 Å². The van der Waals surface area contributed by atoms with Crippen LogP contribution in [0.25, 0.3) is 0 Å². The van der Waals surface area contributed by atoms with Gasteiger partial charge in [0.25, 0.3) is 5.91 Å². The van der Waals surface area contributed by atoms with Crippen molar-refractivity contribution in [2.24, 2.45) is 11.7 Å². The number of rotatable bonds is 8. The molecule has 0 saturated carbocycles. The van der Waals surface area contributed by atoms with E-state index in [2.05, 4.69) is 10.3 Å². The van der Waals surface area contributed by atoms with E-state index >= 15 is 0 Å². The molecule has 9 heteroatoms. The number of nitrogens with two attached hydrogens (primary N) is 1. The van der Waals surface area contributed by atoms with Gasteiger partial charge < -0.3 is 25.6 Å². The highest BCUT2D eigenvalue weighted by molar-refractivity contribution is 5.98. The van der Waals surface area contributed by atoms with Gasteiger partial charge in [0.2, 0.25) is 11.8 Å². The fraction of sp³-hybridized carbons (Fsp3) is 0.636. The van der Waals surface area contributed by atoms with Crippen LogP contribution >= 0.6 is 0 Å². The van der Waals surface area contributed by atoms with Gasteiger partial charge in [0.1, 0.15) is 6.04 Å². The highest BCUT2D eigenvalue weighted by atomic mass is 16.5. The standard InChI is InChI=1S/C22H33N5O4/c1-15(2)21(29)26(14-18-6-4-10-31-18)17-11-19(20(28)25-9-7-23)27(13-17)22(30)16-5-3-8-24-12-16/h3,5,8,12,15,17-19H,4,6-7,9-11,13-14,23H2,1-2H3,(H,25,28). The van der Waals surface area contributed by atoms with Crippen LogP contribution in [-0.2, 0) is 14.3 Å². The van der Waals surface area contributed by atoms with Gasteiger partial charge in [0, 0.05) is 51.1 Å². The smallest absolute Gasteiger partial charge is 0.256 e. The Morgan fingerprint density at radius 3 is 2.81 bits per heavy atom. The summed E-state index contributed by atoms with van der Waals surface area (Å²) in [6.07, 6.45) is 5.36. The number of pyridine rings is 1. The maximum absolute atomic E-state index is 13.2. The van der Waals surface area contributed by atoms with Gasteiger partial charge in [0.15, 0.2) is 0 Å². The first-order chi connectivity index (χ1) is 14.9. The van der Waals surface area contributed by atoms with Gasteiger partial charge in [-0.2, -0.15) is 0 Å². The predicted octanol–water partition coefficient (Wildman–Crippen LogP) is 0.403. The van der Waals surface area contributed by atoms with Crippen molar-refractivity contribution in [3.05, 3.63) is 30.1 Å². The number of ether oxygens (including phenoxy) is 1. The molecule has 2 aliphatic rings. The van der Waals surface area contributed by atoms with Gasteiger partial charge >= 0.3 is 0 Å². The van der Waals surface area contributed by atoms with Gasteiger partial charge in [-0.05, 0) is 31.4 Å². The lowest BCUT2D eigenvalue weighted by molar-refractivity contribution is -0.138. The molecule has 0 spiro atoms. The zero-order valence-corrected chi connectivity index (χ0v) is 18.3. The molecule has 0 aromatic carbocycles. The summed E-state index contributed by atoms with van der Waals surface area (Å²) in [4.78, 5) is 46.5. The Bertz CT molecular complexity index is 766. The second kappa shape index (κ2) is 10.7. The molecule has 3 amide bonds. The summed E-state index contributed by atoms with van der Waals surface area (Å²) in [6.45, 7) is 5.85. The van der Waals surface area contributed by atoms with Crippen molar-refractivity contribution in [3.63, 3.8) is 0 Å². The molecule has 31 heavy (non-hydrogen) atoms.